The topological polar surface area (TPSA) is 249 Å². The second-order valence-corrected chi connectivity index (χ2v) is 32.3. The zero-order valence-electron chi connectivity index (χ0n) is 56.3. The van der Waals surface area contributed by atoms with Gasteiger partial charge in [0, 0.05) is 92.0 Å². The van der Waals surface area contributed by atoms with Crippen LogP contribution in [-0.4, -0.2) is 74.4 Å². The molecule has 7 N–H and O–H groups in total. The largest absolute Gasteiger partial charge is 0.342 e. The second kappa shape index (κ2) is 32.5. The summed E-state index contributed by atoms with van der Waals surface area (Å²) in [4.78, 5) is 25.8. The summed E-state index contributed by atoms with van der Waals surface area (Å²) in [6.45, 7) is 22.3. The number of hydrogen-bond acceptors (Lipinski definition) is 12. The molecule has 0 fully saturated rings. The smallest absolute Gasteiger partial charge is 0.261 e. The van der Waals surface area contributed by atoms with E-state index in [1.54, 1.807) is 54.7 Å². The third-order valence-corrected chi connectivity index (χ3v) is 21.9. The van der Waals surface area contributed by atoms with Crippen LogP contribution in [0, 0.1) is 44.4 Å². The Balaban J connectivity index is 0.000000226. The van der Waals surface area contributed by atoms with Gasteiger partial charge in [0.2, 0.25) is 10.0 Å². The summed E-state index contributed by atoms with van der Waals surface area (Å²) in [7, 11) is -5.66. The van der Waals surface area contributed by atoms with Crippen molar-refractivity contribution in [3.63, 3.8) is 0 Å². The minimum absolute atomic E-state index is 0. The van der Waals surface area contributed by atoms with Crippen LogP contribution < -0.4 is 16.2 Å². The quantitative estimate of drug-likeness (QED) is 0.0426. The number of rotatable bonds is 21. The number of aliphatic imine (C=N–C) groups is 2. The zero-order valence-corrected chi connectivity index (χ0v) is 62.3. The summed E-state index contributed by atoms with van der Waals surface area (Å²) in [5.41, 5.74) is 30.3. The Bertz CT molecular complexity index is 4590. The van der Waals surface area contributed by atoms with Gasteiger partial charge in [-0.3, -0.25) is 9.98 Å². The number of aryl methyl sites for hydroxylation is 3. The molecule has 4 atom stereocenters. The van der Waals surface area contributed by atoms with E-state index in [4.69, 9.17) is 22.1 Å². The molecule has 1 radical (unpaired) electrons. The number of sulfonamides is 1. The Morgan fingerprint density at radius 2 is 0.792 bits per heavy atom. The van der Waals surface area contributed by atoms with Crippen LogP contribution >= 0.6 is 10.7 Å². The van der Waals surface area contributed by atoms with Crippen molar-refractivity contribution in [1.82, 2.24) is 24.7 Å². The van der Waals surface area contributed by atoms with Crippen LogP contribution in [0.4, 0.5) is 0 Å². The van der Waals surface area contributed by atoms with E-state index in [9.17, 15) is 25.3 Å². The number of imidazole rings is 2. The Hall–Kier alpha value is -7.10. The molecule has 0 bridgehead atoms. The van der Waals surface area contributed by atoms with Crippen LogP contribution in [0.25, 0.3) is 55.9 Å². The number of benzene rings is 7. The van der Waals surface area contributed by atoms with Gasteiger partial charge in [0.25, 0.3) is 9.05 Å². The van der Waals surface area contributed by atoms with Crippen LogP contribution in [-0.2, 0) is 61.6 Å². The Morgan fingerprint density at radius 3 is 1.19 bits per heavy atom. The summed E-state index contributed by atoms with van der Waals surface area (Å²) in [5, 5.41) is 0. The number of aromatic amines is 2. The molecule has 2 aromatic heterocycles. The van der Waals surface area contributed by atoms with Crippen LogP contribution in [0.1, 0.15) is 120 Å². The molecule has 4 heterocycles. The van der Waals surface area contributed by atoms with Crippen molar-refractivity contribution >= 4 is 62.2 Å². The SMILES string of the molecule is CC(C)[C@H](N)C1=NC=C(c2ccc(-c3ccc(-c4cnc([C@@H](N)C(C)C)[nH]4)cc3)cc2)C1.Cc1ccc(S(=O)(=O)C[C@H](c2ncc(-c3ccc(-c4ccc(C5=CN=C([C@@H](NS(=O)(=O)c6ccc(C)cc6)C(C)C)C5)cc4)cc3)[nH]2)C(C)C)cc1.Cc1ccc(S(=O)(=O)Cl)cc1.[Y]. The van der Waals surface area contributed by atoms with Crippen LogP contribution in [0.15, 0.2) is 219 Å². The number of allylic oxidation sites excluding steroid dienone is 2. The first-order valence-corrected chi connectivity index (χ1v) is 37.4. The average molecular weight is 1440 g/mol. The predicted octanol–water partition coefficient (Wildman–Crippen LogP) is 16.3. The third kappa shape index (κ3) is 19.2. The van der Waals surface area contributed by atoms with E-state index >= 15 is 0 Å². The number of H-pyrrole nitrogens is 2. The van der Waals surface area contributed by atoms with E-state index in [0.29, 0.717) is 29.0 Å². The van der Waals surface area contributed by atoms with Crippen molar-refractivity contribution in [3.05, 3.63) is 234 Å². The summed E-state index contributed by atoms with van der Waals surface area (Å²) < 4.78 is 77.2. The van der Waals surface area contributed by atoms with E-state index in [-0.39, 0.29) is 78.1 Å². The molecule has 2 aliphatic rings. The normalized spacial score (nSPS) is 14.6. The van der Waals surface area contributed by atoms with Gasteiger partial charge in [-0.05, 0) is 136 Å². The molecule has 0 aliphatic carbocycles. The first-order chi connectivity index (χ1) is 45.0. The van der Waals surface area contributed by atoms with Crippen molar-refractivity contribution in [1.29, 1.82) is 0 Å². The third-order valence-electron chi connectivity index (χ3n) is 17.3. The molecule has 0 unspecified atom stereocenters. The van der Waals surface area contributed by atoms with Crippen molar-refractivity contribution in [3.8, 4) is 44.8 Å². The summed E-state index contributed by atoms with van der Waals surface area (Å²) in [5.74, 6) is 2.00. The first-order valence-electron chi connectivity index (χ1n) is 32.0. The number of aromatic nitrogens is 4. The standard InChI is InChI=1S/C42H46N4O4S2.C27H33N5.C7H7ClO2S.Y/c1-27(2)38(26-51(47,48)36-19-7-29(5)8-20-36)42-44-25-40(45-42)34-17-15-32(16-18-34)31-11-13-33(14-12-31)35-23-39(43-24-35)41(28(3)4)46-52(49,50)37-21-9-30(6)10-22-37;1-16(2)25(28)23-13-22(14-30-23)20-7-5-18(6-8-20)19-9-11-21(12-10-19)24-15-31-27(32-24)26(29)17(3)4;1-6-2-4-7(5-3-6)11(8,9)10;/h7-22,24-25,27-28,38,41,46H,23,26H2,1-6H3,(H,44,45);5-12,14-17,25-26H,13,28-29H2,1-4H3,(H,31,32);2-5H,1H3;/t38-,41-;25-,26-;;/m00../s1. The molecule has 499 valence electrons. The van der Waals surface area contributed by atoms with Gasteiger partial charge in [-0.25, -0.2) is 39.9 Å². The van der Waals surface area contributed by atoms with Gasteiger partial charge < -0.3 is 21.4 Å². The van der Waals surface area contributed by atoms with Gasteiger partial charge in [0.1, 0.15) is 11.6 Å². The molecule has 0 saturated heterocycles. The maximum atomic E-state index is 13.3. The molecule has 15 nitrogen and oxygen atoms in total. The molecule has 20 heteroatoms. The Morgan fingerprint density at radius 1 is 0.438 bits per heavy atom. The van der Waals surface area contributed by atoms with Gasteiger partial charge in [-0.15, -0.1) is 0 Å². The molecule has 0 amide bonds. The minimum Gasteiger partial charge on any atom is -0.342 e. The van der Waals surface area contributed by atoms with Crippen molar-refractivity contribution in [2.24, 2.45) is 45.1 Å². The molecule has 7 aromatic carbocycles. The van der Waals surface area contributed by atoms with Gasteiger partial charge in [0.05, 0.1) is 56.3 Å². The number of nitrogens with one attached hydrogen (secondary N) is 3. The van der Waals surface area contributed by atoms with Crippen molar-refractivity contribution < 1.29 is 58.0 Å². The molecule has 0 saturated carbocycles. The minimum atomic E-state index is -3.70. The predicted molar refractivity (Wildman–Crippen MR) is 389 cm³/mol. The average Bonchev–Trinajstić information content (AvgIpc) is 1.55. The fourth-order valence-electron chi connectivity index (χ4n) is 11.0. The molecule has 96 heavy (non-hydrogen) atoms. The molecule has 11 rings (SSSR count). The van der Waals surface area contributed by atoms with Crippen molar-refractivity contribution in [2.45, 2.75) is 128 Å². The number of nitrogens with two attached hydrogens (primary N) is 2. The second-order valence-electron chi connectivity index (χ2n) is 26.0. The van der Waals surface area contributed by atoms with Gasteiger partial charge in [0.15, 0.2) is 9.84 Å². The fourth-order valence-corrected chi connectivity index (χ4v) is 14.9. The monoisotopic (exact) mass is 1440 g/mol. The number of hydrogen-bond donors (Lipinski definition) is 5. The summed E-state index contributed by atoms with van der Waals surface area (Å²) in [6.07, 6.45) is 8.84. The molecule has 2 aliphatic heterocycles. The van der Waals surface area contributed by atoms with E-state index in [2.05, 4.69) is 147 Å². The van der Waals surface area contributed by atoms with E-state index in [1.807, 2.05) is 91.3 Å². The van der Waals surface area contributed by atoms with Crippen molar-refractivity contribution in [2.75, 3.05) is 5.75 Å². The number of sulfone groups is 1. The Kier molecular flexibility index (Phi) is 25.3. The molecular formula is C76H86ClN9O6S3Y. The van der Waals surface area contributed by atoms with Crippen LogP contribution in [0.5, 0.6) is 0 Å². The zero-order chi connectivity index (χ0) is 68.5. The van der Waals surface area contributed by atoms with E-state index < -0.39 is 35.0 Å². The summed E-state index contributed by atoms with van der Waals surface area (Å²) >= 11 is 0. The molecule has 0 spiro atoms. The fraction of sp³-hybridized carbons (Fsp3) is 0.289. The van der Waals surface area contributed by atoms with Gasteiger partial charge >= 0.3 is 0 Å². The number of halogens is 1. The molecular weight excluding hydrogens is 1360 g/mol. The van der Waals surface area contributed by atoms with Gasteiger partial charge in [-0.2, -0.15) is 0 Å². The van der Waals surface area contributed by atoms with Gasteiger partial charge in [-0.1, -0.05) is 206 Å². The number of nitrogens with zero attached hydrogens (tertiary/aromatic N) is 4. The van der Waals surface area contributed by atoms with Crippen LogP contribution in [0.2, 0.25) is 0 Å². The van der Waals surface area contributed by atoms with Crippen LogP contribution in [0.3, 0.4) is 0 Å². The van der Waals surface area contributed by atoms with E-state index in [0.717, 1.165) is 85.1 Å². The molecule has 9 aromatic rings. The Labute approximate surface area is 597 Å². The maximum absolute atomic E-state index is 13.3. The first kappa shape index (κ1) is 74.7. The maximum Gasteiger partial charge on any atom is 0.261 e. The van der Waals surface area contributed by atoms with E-state index in [1.165, 1.54) is 34.4 Å². The summed E-state index contributed by atoms with van der Waals surface area (Å²) in [6, 6.07) is 53.5.